The fourth-order valence-electron chi connectivity index (χ4n) is 1.30. The minimum Gasteiger partial charge on any atom is -0.294 e. The Morgan fingerprint density at radius 3 is 2.92 bits per heavy atom. The molecule has 1 aliphatic rings. The summed E-state index contributed by atoms with van der Waals surface area (Å²) in [5.41, 5.74) is 0.255. The molecule has 2 rings (SSSR count). The fraction of sp³-hybridized carbons (Fsp3) is 0.222. The highest BCUT2D eigenvalue weighted by atomic mass is 79.9. The van der Waals surface area contributed by atoms with Crippen LogP contribution in [0.3, 0.4) is 0 Å². The van der Waals surface area contributed by atoms with Crippen molar-refractivity contribution in [1.29, 1.82) is 0 Å². The second kappa shape index (κ2) is 3.42. The Hall–Kier alpha value is -0.350. The number of hydrogen-bond acceptors (Lipinski definition) is 2. The molecule has 0 unspecified atom stereocenters. The minimum atomic E-state index is -0.407. The topological polar surface area (TPSA) is 17.1 Å². The second-order valence-corrected chi connectivity index (χ2v) is 4.71. The van der Waals surface area contributed by atoms with Crippen LogP contribution in [0.5, 0.6) is 0 Å². The van der Waals surface area contributed by atoms with E-state index >= 15 is 0 Å². The Morgan fingerprint density at radius 2 is 2.23 bits per heavy atom. The van der Waals surface area contributed by atoms with Crippen molar-refractivity contribution in [1.82, 2.24) is 0 Å². The summed E-state index contributed by atoms with van der Waals surface area (Å²) in [5, 5.41) is 0. The number of rotatable bonds is 0. The van der Waals surface area contributed by atoms with Crippen LogP contribution in [-0.2, 0) is 0 Å². The SMILES string of the molecule is O=C1CCSc2c(Br)ccc(F)c21. The van der Waals surface area contributed by atoms with E-state index in [9.17, 15) is 9.18 Å². The maximum absolute atomic E-state index is 13.2. The fourth-order valence-corrected chi connectivity index (χ4v) is 3.03. The molecule has 1 aliphatic heterocycles. The molecule has 68 valence electrons. The van der Waals surface area contributed by atoms with E-state index in [1.807, 2.05) is 0 Å². The van der Waals surface area contributed by atoms with Crippen molar-refractivity contribution in [2.45, 2.75) is 11.3 Å². The zero-order valence-corrected chi connectivity index (χ0v) is 9.04. The minimum absolute atomic E-state index is 0.0902. The van der Waals surface area contributed by atoms with Gasteiger partial charge >= 0.3 is 0 Å². The van der Waals surface area contributed by atoms with Gasteiger partial charge < -0.3 is 0 Å². The number of ketones is 1. The van der Waals surface area contributed by atoms with Gasteiger partial charge in [-0.05, 0) is 28.1 Å². The number of benzene rings is 1. The van der Waals surface area contributed by atoms with Gasteiger partial charge in [-0.25, -0.2) is 4.39 Å². The molecule has 0 aromatic heterocycles. The Morgan fingerprint density at radius 1 is 1.46 bits per heavy atom. The first-order valence-electron chi connectivity index (χ1n) is 3.84. The lowest BCUT2D eigenvalue weighted by molar-refractivity contribution is 0.0980. The normalized spacial score (nSPS) is 15.7. The highest BCUT2D eigenvalue weighted by Gasteiger charge is 2.23. The molecule has 0 saturated heterocycles. The molecular formula is C9H6BrFOS. The van der Waals surface area contributed by atoms with Crippen LogP contribution in [0.15, 0.2) is 21.5 Å². The van der Waals surface area contributed by atoms with Gasteiger partial charge in [0.15, 0.2) is 5.78 Å². The van der Waals surface area contributed by atoms with E-state index in [1.54, 1.807) is 6.07 Å². The van der Waals surface area contributed by atoms with Gasteiger partial charge in [0, 0.05) is 21.5 Å². The molecule has 0 fully saturated rings. The molecule has 0 radical (unpaired) electrons. The van der Waals surface area contributed by atoms with Gasteiger partial charge in [-0.15, -0.1) is 11.8 Å². The van der Waals surface area contributed by atoms with Crippen LogP contribution in [0.1, 0.15) is 16.8 Å². The highest BCUT2D eigenvalue weighted by molar-refractivity contribution is 9.10. The highest BCUT2D eigenvalue weighted by Crippen LogP contribution is 2.37. The molecule has 1 nitrogen and oxygen atoms in total. The summed E-state index contributed by atoms with van der Waals surface area (Å²) >= 11 is 4.83. The first-order valence-corrected chi connectivity index (χ1v) is 5.62. The average molecular weight is 261 g/mol. The van der Waals surface area contributed by atoms with E-state index in [-0.39, 0.29) is 11.3 Å². The monoisotopic (exact) mass is 260 g/mol. The van der Waals surface area contributed by atoms with E-state index in [4.69, 9.17) is 0 Å². The van der Waals surface area contributed by atoms with Gasteiger partial charge in [-0.3, -0.25) is 4.79 Å². The van der Waals surface area contributed by atoms with Gasteiger partial charge in [-0.1, -0.05) is 0 Å². The van der Waals surface area contributed by atoms with E-state index in [0.717, 1.165) is 15.1 Å². The Kier molecular flexibility index (Phi) is 2.43. The van der Waals surface area contributed by atoms with Crippen molar-refractivity contribution in [2.75, 3.05) is 5.75 Å². The van der Waals surface area contributed by atoms with Crippen molar-refractivity contribution >= 4 is 33.5 Å². The van der Waals surface area contributed by atoms with Gasteiger partial charge in [-0.2, -0.15) is 0 Å². The smallest absolute Gasteiger partial charge is 0.167 e. The van der Waals surface area contributed by atoms with Crippen LogP contribution in [-0.4, -0.2) is 11.5 Å². The summed E-state index contributed by atoms with van der Waals surface area (Å²) < 4.78 is 14.1. The molecule has 0 saturated carbocycles. The molecule has 1 heterocycles. The summed E-state index contributed by atoms with van der Waals surface area (Å²) in [6.45, 7) is 0. The van der Waals surface area contributed by atoms with Crippen molar-refractivity contribution in [3.8, 4) is 0 Å². The van der Waals surface area contributed by atoms with Gasteiger partial charge in [0.2, 0.25) is 0 Å². The molecule has 0 amide bonds. The zero-order chi connectivity index (χ0) is 9.42. The number of fused-ring (bicyclic) bond motifs is 1. The summed E-state index contributed by atoms with van der Waals surface area (Å²) in [7, 11) is 0. The third-order valence-electron chi connectivity index (χ3n) is 1.91. The third-order valence-corrected chi connectivity index (χ3v) is 3.96. The lowest BCUT2D eigenvalue weighted by atomic mass is 10.1. The molecule has 1 aromatic carbocycles. The van der Waals surface area contributed by atoms with Crippen LogP contribution in [0.25, 0.3) is 0 Å². The maximum atomic E-state index is 13.2. The number of thioether (sulfide) groups is 1. The van der Waals surface area contributed by atoms with Gasteiger partial charge in [0.05, 0.1) is 5.56 Å². The van der Waals surface area contributed by atoms with Crippen molar-refractivity contribution in [2.24, 2.45) is 0 Å². The quantitative estimate of drug-likeness (QED) is 0.713. The largest absolute Gasteiger partial charge is 0.294 e. The number of hydrogen-bond donors (Lipinski definition) is 0. The Labute approximate surface area is 87.8 Å². The van der Waals surface area contributed by atoms with Gasteiger partial charge in [0.1, 0.15) is 5.82 Å². The lowest BCUT2D eigenvalue weighted by Crippen LogP contribution is -2.11. The molecule has 0 spiro atoms. The van der Waals surface area contributed by atoms with E-state index < -0.39 is 5.82 Å². The number of carbonyl (C=O) groups excluding carboxylic acids is 1. The molecule has 0 bridgehead atoms. The predicted octanol–water partition coefficient (Wildman–Crippen LogP) is 3.27. The first kappa shape index (κ1) is 9.21. The van der Waals surface area contributed by atoms with Crippen LogP contribution < -0.4 is 0 Å². The van der Waals surface area contributed by atoms with Crippen LogP contribution in [0, 0.1) is 5.82 Å². The summed E-state index contributed by atoms with van der Waals surface area (Å²) in [5.74, 6) is 0.247. The third kappa shape index (κ3) is 1.53. The standard InChI is InChI=1S/C9H6BrFOS/c10-5-1-2-6(11)8-7(12)3-4-13-9(5)8/h1-2H,3-4H2. The molecule has 1 aromatic rings. The molecule has 0 atom stereocenters. The molecule has 4 heteroatoms. The van der Waals surface area contributed by atoms with Crippen molar-refractivity contribution < 1.29 is 9.18 Å². The maximum Gasteiger partial charge on any atom is 0.167 e. The molecule has 0 N–H and O–H groups in total. The van der Waals surface area contributed by atoms with E-state index in [1.165, 1.54) is 17.8 Å². The number of halogens is 2. The Balaban J connectivity index is 2.67. The number of Topliss-reactive ketones (excluding diaryl/α,β-unsaturated/α-hetero) is 1. The summed E-state index contributed by atoms with van der Waals surface area (Å²) in [4.78, 5) is 12.1. The lowest BCUT2D eigenvalue weighted by Gasteiger charge is -2.15. The van der Waals surface area contributed by atoms with E-state index in [0.29, 0.717) is 6.42 Å². The number of carbonyl (C=O) groups is 1. The second-order valence-electron chi connectivity index (χ2n) is 2.75. The van der Waals surface area contributed by atoms with Crippen molar-refractivity contribution in [3.63, 3.8) is 0 Å². The Bertz CT molecular complexity index is 378. The van der Waals surface area contributed by atoms with Crippen LogP contribution in [0.2, 0.25) is 0 Å². The van der Waals surface area contributed by atoms with Crippen molar-refractivity contribution in [3.05, 3.63) is 28.0 Å². The molecule has 13 heavy (non-hydrogen) atoms. The van der Waals surface area contributed by atoms with Crippen LogP contribution in [0.4, 0.5) is 4.39 Å². The average Bonchev–Trinajstić information content (AvgIpc) is 2.12. The van der Waals surface area contributed by atoms with E-state index in [2.05, 4.69) is 15.9 Å². The summed E-state index contributed by atoms with van der Waals surface area (Å²) in [6.07, 6.45) is 0.436. The van der Waals surface area contributed by atoms with Gasteiger partial charge in [0.25, 0.3) is 0 Å². The summed E-state index contributed by atoms with van der Waals surface area (Å²) in [6, 6.07) is 2.96. The molecular weight excluding hydrogens is 255 g/mol. The predicted molar refractivity (Wildman–Crippen MR) is 53.8 cm³/mol. The zero-order valence-electron chi connectivity index (χ0n) is 6.64. The van der Waals surface area contributed by atoms with Crippen LogP contribution >= 0.6 is 27.7 Å². The first-order chi connectivity index (χ1) is 6.20. The molecule has 0 aliphatic carbocycles.